The summed E-state index contributed by atoms with van der Waals surface area (Å²) in [6.07, 6.45) is 6.14. The Bertz CT molecular complexity index is 747. The molecule has 1 aliphatic heterocycles. The third-order valence-corrected chi connectivity index (χ3v) is 4.73. The van der Waals surface area contributed by atoms with E-state index in [0.717, 1.165) is 55.3 Å². The first kappa shape index (κ1) is 17.3. The van der Waals surface area contributed by atoms with Gasteiger partial charge in [0.1, 0.15) is 11.6 Å². The molecule has 1 aliphatic rings. The van der Waals surface area contributed by atoms with Gasteiger partial charge in [-0.1, -0.05) is 6.92 Å². The van der Waals surface area contributed by atoms with E-state index >= 15 is 0 Å². The van der Waals surface area contributed by atoms with Crippen LogP contribution >= 0.6 is 0 Å². The zero-order valence-electron chi connectivity index (χ0n) is 15.1. The van der Waals surface area contributed by atoms with Crippen LogP contribution in [-0.2, 0) is 17.6 Å². The van der Waals surface area contributed by atoms with Crippen LogP contribution in [-0.4, -0.2) is 38.8 Å². The Morgan fingerprint density at radius 1 is 1.24 bits per heavy atom. The molecule has 0 radical (unpaired) electrons. The average Bonchev–Trinajstić information content (AvgIpc) is 2.83. The summed E-state index contributed by atoms with van der Waals surface area (Å²) < 4.78 is 0. The average molecular weight is 339 g/mol. The molecule has 6 nitrogen and oxygen atoms in total. The minimum absolute atomic E-state index is 0.121. The monoisotopic (exact) mass is 339 g/mol. The highest BCUT2D eigenvalue weighted by Crippen LogP contribution is 2.27. The number of aromatic nitrogens is 3. The van der Waals surface area contributed by atoms with E-state index in [4.69, 9.17) is 0 Å². The molecule has 6 heteroatoms. The number of anilines is 1. The standard InChI is InChI=1S/C19H25N5O/c1-4-17(15-5-9-20-10-6-15)23-19-16-7-11-24(14(3)25)12-8-18(16)21-13(2)22-19/h5-6,9-10,17H,4,7-8,11-12H2,1-3H3,(H,21,22,23). The van der Waals surface area contributed by atoms with Gasteiger partial charge in [-0.3, -0.25) is 9.78 Å². The Morgan fingerprint density at radius 3 is 2.64 bits per heavy atom. The van der Waals surface area contributed by atoms with Gasteiger partial charge < -0.3 is 10.2 Å². The zero-order valence-corrected chi connectivity index (χ0v) is 15.1. The lowest BCUT2D eigenvalue weighted by Crippen LogP contribution is -2.31. The van der Waals surface area contributed by atoms with Gasteiger partial charge >= 0.3 is 0 Å². The molecule has 0 aromatic carbocycles. The van der Waals surface area contributed by atoms with Gasteiger partial charge in [0, 0.05) is 44.4 Å². The van der Waals surface area contributed by atoms with E-state index in [1.807, 2.05) is 36.4 Å². The fourth-order valence-corrected chi connectivity index (χ4v) is 3.34. The van der Waals surface area contributed by atoms with E-state index in [1.165, 1.54) is 5.56 Å². The number of hydrogen-bond donors (Lipinski definition) is 1. The Balaban J connectivity index is 1.90. The van der Waals surface area contributed by atoms with Crippen molar-refractivity contribution in [2.24, 2.45) is 0 Å². The Kier molecular flexibility index (Phi) is 5.26. The maximum Gasteiger partial charge on any atom is 0.219 e. The van der Waals surface area contributed by atoms with Gasteiger partial charge in [-0.05, 0) is 37.5 Å². The lowest BCUT2D eigenvalue weighted by Gasteiger charge is -2.21. The summed E-state index contributed by atoms with van der Waals surface area (Å²) in [6.45, 7) is 7.15. The predicted molar refractivity (Wildman–Crippen MR) is 97.3 cm³/mol. The van der Waals surface area contributed by atoms with Gasteiger partial charge in [0.05, 0.1) is 11.7 Å². The molecular weight excluding hydrogens is 314 g/mol. The van der Waals surface area contributed by atoms with Crippen molar-refractivity contribution in [2.45, 2.75) is 46.1 Å². The summed E-state index contributed by atoms with van der Waals surface area (Å²) in [5, 5.41) is 3.60. The zero-order chi connectivity index (χ0) is 17.8. The first-order valence-electron chi connectivity index (χ1n) is 8.86. The fourth-order valence-electron chi connectivity index (χ4n) is 3.34. The second-order valence-electron chi connectivity index (χ2n) is 6.44. The van der Waals surface area contributed by atoms with Crippen LogP contribution in [0.1, 0.15) is 49.0 Å². The molecule has 3 heterocycles. The molecule has 0 fully saturated rings. The highest BCUT2D eigenvalue weighted by molar-refractivity contribution is 5.73. The molecule has 1 N–H and O–H groups in total. The molecular formula is C19H25N5O. The molecule has 132 valence electrons. The maximum atomic E-state index is 11.7. The number of rotatable bonds is 4. The Labute approximate surface area is 148 Å². The number of fused-ring (bicyclic) bond motifs is 1. The predicted octanol–water partition coefficient (Wildman–Crippen LogP) is 2.69. The van der Waals surface area contributed by atoms with Gasteiger partial charge in [-0.15, -0.1) is 0 Å². The number of carbonyl (C=O) groups is 1. The topological polar surface area (TPSA) is 71.0 Å². The smallest absolute Gasteiger partial charge is 0.219 e. The van der Waals surface area contributed by atoms with E-state index in [9.17, 15) is 4.79 Å². The molecule has 1 atom stereocenters. The van der Waals surface area contributed by atoms with Crippen LogP contribution in [0.5, 0.6) is 0 Å². The van der Waals surface area contributed by atoms with Gasteiger partial charge in [0.25, 0.3) is 0 Å². The second-order valence-corrected chi connectivity index (χ2v) is 6.44. The van der Waals surface area contributed by atoms with Crippen LogP contribution in [0.2, 0.25) is 0 Å². The number of aryl methyl sites for hydroxylation is 1. The van der Waals surface area contributed by atoms with Crippen molar-refractivity contribution in [3.8, 4) is 0 Å². The first-order chi connectivity index (χ1) is 12.1. The summed E-state index contributed by atoms with van der Waals surface area (Å²) in [5.74, 6) is 1.79. The van der Waals surface area contributed by atoms with Crippen molar-refractivity contribution in [3.05, 3.63) is 47.2 Å². The molecule has 0 bridgehead atoms. The SMILES string of the molecule is CCC(Nc1nc(C)nc2c1CCN(C(C)=O)CC2)c1ccncc1. The highest BCUT2D eigenvalue weighted by atomic mass is 16.2. The summed E-state index contributed by atoms with van der Waals surface area (Å²) in [6, 6.07) is 4.24. The lowest BCUT2D eigenvalue weighted by molar-refractivity contribution is -0.128. The molecule has 25 heavy (non-hydrogen) atoms. The third kappa shape index (κ3) is 3.95. The van der Waals surface area contributed by atoms with Crippen molar-refractivity contribution < 1.29 is 4.79 Å². The molecule has 0 saturated carbocycles. The van der Waals surface area contributed by atoms with Crippen LogP contribution in [0, 0.1) is 6.92 Å². The van der Waals surface area contributed by atoms with Crippen molar-refractivity contribution in [3.63, 3.8) is 0 Å². The molecule has 1 amide bonds. The fraction of sp³-hybridized carbons (Fsp3) is 0.474. The van der Waals surface area contributed by atoms with E-state index in [2.05, 4.69) is 27.2 Å². The van der Waals surface area contributed by atoms with Gasteiger partial charge in [0.2, 0.25) is 5.91 Å². The van der Waals surface area contributed by atoms with E-state index in [1.54, 1.807) is 6.92 Å². The van der Waals surface area contributed by atoms with Gasteiger partial charge in [-0.2, -0.15) is 0 Å². The maximum absolute atomic E-state index is 11.7. The normalized spacial score (nSPS) is 15.2. The highest BCUT2D eigenvalue weighted by Gasteiger charge is 2.22. The number of nitrogens with one attached hydrogen (secondary N) is 1. The first-order valence-corrected chi connectivity index (χ1v) is 8.86. The minimum atomic E-state index is 0.121. The van der Waals surface area contributed by atoms with Crippen molar-refractivity contribution in [2.75, 3.05) is 18.4 Å². The molecule has 0 aliphatic carbocycles. The van der Waals surface area contributed by atoms with Crippen LogP contribution in [0.4, 0.5) is 5.82 Å². The molecule has 2 aromatic heterocycles. The summed E-state index contributed by atoms with van der Waals surface area (Å²) in [4.78, 5) is 27.0. The van der Waals surface area contributed by atoms with Crippen LogP contribution in [0.25, 0.3) is 0 Å². The van der Waals surface area contributed by atoms with Gasteiger partial charge in [-0.25, -0.2) is 9.97 Å². The number of pyridine rings is 1. The van der Waals surface area contributed by atoms with Crippen molar-refractivity contribution >= 4 is 11.7 Å². The lowest BCUT2D eigenvalue weighted by atomic mass is 10.0. The Hall–Kier alpha value is -2.50. The summed E-state index contributed by atoms with van der Waals surface area (Å²) in [7, 11) is 0. The number of amides is 1. The third-order valence-electron chi connectivity index (χ3n) is 4.73. The number of hydrogen-bond acceptors (Lipinski definition) is 5. The molecule has 0 spiro atoms. The van der Waals surface area contributed by atoms with E-state index in [-0.39, 0.29) is 11.9 Å². The van der Waals surface area contributed by atoms with Crippen LogP contribution in [0.3, 0.4) is 0 Å². The molecule has 2 aromatic rings. The largest absolute Gasteiger partial charge is 0.363 e. The van der Waals surface area contributed by atoms with E-state index < -0.39 is 0 Å². The number of nitrogens with zero attached hydrogens (tertiary/aromatic N) is 4. The molecule has 3 rings (SSSR count). The molecule has 1 unspecified atom stereocenters. The van der Waals surface area contributed by atoms with Gasteiger partial charge in [0.15, 0.2) is 0 Å². The second kappa shape index (κ2) is 7.59. The van der Waals surface area contributed by atoms with Crippen LogP contribution < -0.4 is 5.32 Å². The Morgan fingerprint density at radius 2 is 1.96 bits per heavy atom. The minimum Gasteiger partial charge on any atom is -0.363 e. The number of carbonyl (C=O) groups excluding carboxylic acids is 1. The summed E-state index contributed by atoms with van der Waals surface area (Å²) >= 11 is 0. The van der Waals surface area contributed by atoms with Crippen molar-refractivity contribution in [1.29, 1.82) is 0 Å². The quantitative estimate of drug-likeness (QED) is 0.927. The molecule has 0 saturated heterocycles. The van der Waals surface area contributed by atoms with Crippen LogP contribution in [0.15, 0.2) is 24.5 Å². The van der Waals surface area contributed by atoms with E-state index in [0.29, 0.717) is 0 Å². The summed E-state index contributed by atoms with van der Waals surface area (Å²) in [5.41, 5.74) is 3.40. The van der Waals surface area contributed by atoms with Crippen molar-refractivity contribution in [1.82, 2.24) is 19.9 Å².